The van der Waals surface area contributed by atoms with Gasteiger partial charge in [0, 0.05) is 21.5 Å². The molecule has 38 heavy (non-hydrogen) atoms. The molecule has 0 N–H and O–H groups in total. The molecule has 2 heterocycles. The van der Waals surface area contributed by atoms with Gasteiger partial charge in [0.25, 0.3) is 0 Å². The summed E-state index contributed by atoms with van der Waals surface area (Å²) in [5.41, 5.74) is 0. The Bertz CT molecular complexity index is 2000. The molecular formula is C24H6F6N4O2S2. The predicted octanol–water partition coefficient (Wildman–Crippen LogP) is 7.01. The summed E-state index contributed by atoms with van der Waals surface area (Å²) in [6.45, 7) is 0. The molecule has 0 bridgehead atoms. The van der Waals surface area contributed by atoms with Crippen LogP contribution in [0.4, 0.5) is 26.3 Å². The van der Waals surface area contributed by atoms with Crippen molar-refractivity contribution in [2.75, 3.05) is 0 Å². The SMILES string of the molecule is N#CN=c1c2cc(OC(F)(F)F)ccc2c2c1sc1c2sc2c(=NC#N)c3cc(OC(F)(F)F)ccc3c21. The van der Waals surface area contributed by atoms with Gasteiger partial charge in [-0.2, -0.15) is 20.5 Å². The molecule has 2 aromatic heterocycles. The minimum Gasteiger partial charge on any atom is -0.406 e. The van der Waals surface area contributed by atoms with Crippen LogP contribution in [0.5, 0.6) is 11.5 Å². The van der Waals surface area contributed by atoms with Gasteiger partial charge in [-0.1, -0.05) is 0 Å². The van der Waals surface area contributed by atoms with E-state index in [-0.39, 0.29) is 10.7 Å². The first-order valence-corrected chi connectivity index (χ1v) is 12.0. The van der Waals surface area contributed by atoms with E-state index in [4.69, 9.17) is 0 Å². The van der Waals surface area contributed by atoms with Crippen molar-refractivity contribution in [1.29, 1.82) is 10.5 Å². The summed E-state index contributed by atoms with van der Waals surface area (Å²) in [7, 11) is 0. The van der Waals surface area contributed by atoms with Gasteiger partial charge in [-0.3, -0.25) is 0 Å². The molecule has 6 rings (SSSR count). The fourth-order valence-corrected chi connectivity index (χ4v) is 7.53. The average molecular weight is 560 g/mol. The fraction of sp³-hybridized carbons (Fsp3) is 0.0833. The summed E-state index contributed by atoms with van der Waals surface area (Å²) < 4.78 is 87.2. The van der Waals surface area contributed by atoms with Crippen LogP contribution in [-0.4, -0.2) is 12.7 Å². The zero-order valence-corrected chi connectivity index (χ0v) is 19.8. The summed E-state index contributed by atoms with van der Waals surface area (Å²) in [6, 6.07) is 7.56. The number of benzene rings is 2. The van der Waals surface area contributed by atoms with Crippen molar-refractivity contribution in [3.8, 4) is 23.9 Å². The van der Waals surface area contributed by atoms with Crippen LogP contribution in [-0.2, 0) is 0 Å². The van der Waals surface area contributed by atoms with Gasteiger partial charge in [-0.15, -0.1) is 49.0 Å². The van der Waals surface area contributed by atoms with Crippen LogP contribution < -0.4 is 20.2 Å². The van der Waals surface area contributed by atoms with Crippen LogP contribution >= 0.6 is 22.7 Å². The van der Waals surface area contributed by atoms with Crippen molar-refractivity contribution < 1.29 is 35.8 Å². The lowest BCUT2D eigenvalue weighted by Gasteiger charge is -2.08. The minimum atomic E-state index is -4.90. The van der Waals surface area contributed by atoms with Crippen molar-refractivity contribution in [2.24, 2.45) is 9.98 Å². The van der Waals surface area contributed by atoms with Gasteiger partial charge >= 0.3 is 12.7 Å². The third-order valence-corrected chi connectivity index (χ3v) is 8.33. The van der Waals surface area contributed by atoms with Crippen LogP contribution in [0.2, 0.25) is 0 Å². The summed E-state index contributed by atoms with van der Waals surface area (Å²) in [5.74, 6) is -0.924. The van der Waals surface area contributed by atoms with Crippen molar-refractivity contribution >= 4 is 73.8 Å². The molecule has 0 atom stereocenters. The Labute approximate surface area is 213 Å². The molecule has 188 valence electrons. The Morgan fingerprint density at radius 2 is 1.00 bits per heavy atom. The topological polar surface area (TPSA) is 90.8 Å². The van der Waals surface area contributed by atoms with E-state index in [2.05, 4.69) is 19.5 Å². The van der Waals surface area contributed by atoms with E-state index >= 15 is 0 Å². The molecule has 0 fully saturated rings. The normalized spacial score (nSPS) is 13.8. The van der Waals surface area contributed by atoms with Crippen LogP contribution in [0, 0.1) is 22.9 Å². The van der Waals surface area contributed by atoms with Crippen molar-refractivity contribution in [3.05, 3.63) is 47.1 Å². The average Bonchev–Trinajstić information content (AvgIpc) is 3.50. The molecule has 0 aliphatic rings. The largest absolute Gasteiger partial charge is 0.573 e. The second kappa shape index (κ2) is 8.05. The highest BCUT2D eigenvalue weighted by Gasteiger charge is 2.32. The second-order valence-corrected chi connectivity index (χ2v) is 9.94. The molecular weight excluding hydrogens is 554 g/mol. The lowest BCUT2D eigenvalue weighted by Crippen LogP contribution is -2.17. The maximum Gasteiger partial charge on any atom is 0.573 e. The van der Waals surface area contributed by atoms with Gasteiger partial charge in [0.05, 0.1) is 18.8 Å². The first-order chi connectivity index (χ1) is 18.0. The minimum absolute atomic E-state index is 0.185. The van der Waals surface area contributed by atoms with E-state index < -0.39 is 24.2 Å². The highest BCUT2D eigenvalue weighted by molar-refractivity contribution is 7.37. The lowest BCUT2D eigenvalue weighted by molar-refractivity contribution is -0.275. The first-order valence-electron chi connectivity index (χ1n) is 10.3. The summed E-state index contributed by atoms with van der Waals surface area (Å²) in [4.78, 5) is 7.71. The van der Waals surface area contributed by atoms with E-state index in [1.54, 1.807) is 12.4 Å². The van der Waals surface area contributed by atoms with Crippen LogP contribution in [0.1, 0.15) is 0 Å². The summed E-state index contributed by atoms with van der Waals surface area (Å²) in [5, 5.41) is 21.9. The number of alkyl halides is 6. The molecule has 6 aromatic rings. The lowest BCUT2D eigenvalue weighted by atomic mass is 10.1. The zero-order chi connectivity index (χ0) is 27.0. The third-order valence-electron chi connectivity index (χ3n) is 5.77. The standard InChI is InChI=1S/C24H6F6N4O2S2/c25-23(26,27)35-9-1-3-11-13(5-9)17(33-7-31)19-15(11)21-22(37-19)16-12-4-2-10(36-24(28,29)30)6-14(12)18(34-8-32)20(16)38-21/h1-6H. The smallest absolute Gasteiger partial charge is 0.406 e. The predicted molar refractivity (Wildman–Crippen MR) is 128 cm³/mol. The molecule has 6 nitrogen and oxygen atoms in total. The summed E-state index contributed by atoms with van der Waals surface area (Å²) in [6.07, 6.45) is -6.43. The Morgan fingerprint density at radius 3 is 1.34 bits per heavy atom. The number of nitrogens with zero attached hydrogens (tertiary/aromatic N) is 4. The van der Waals surface area contributed by atoms with E-state index in [0.29, 0.717) is 41.7 Å². The zero-order valence-electron chi connectivity index (χ0n) is 18.2. The number of halogens is 6. The van der Waals surface area contributed by atoms with E-state index in [0.717, 1.165) is 21.5 Å². The van der Waals surface area contributed by atoms with E-state index in [1.165, 1.54) is 46.9 Å². The number of fused-ring (bicyclic) bond motifs is 9. The van der Waals surface area contributed by atoms with Crippen molar-refractivity contribution in [1.82, 2.24) is 0 Å². The van der Waals surface area contributed by atoms with Crippen LogP contribution in [0.25, 0.3) is 51.1 Å². The molecule has 0 saturated heterocycles. The monoisotopic (exact) mass is 560 g/mol. The van der Waals surface area contributed by atoms with Crippen LogP contribution in [0.15, 0.2) is 46.4 Å². The molecule has 0 aliphatic carbocycles. The maximum atomic E-state index is 12.8. The second-order valence-electron chi connectivity index (χ2n) is 7.90. The highest BCUT2D eigenvalue weighted by Crippen LogP contribution is 2.48. The third kappa shape index (κ3) is 3.69. The van der Waals surface area contributed by atoms with Gasteiger partial charge in [0.15, 0.2) is 0 Å². The number of hydrogen-bond donors (Lipinski definition) is 0. The Balaban J connectivity index is 1.70. The maximum absolute atomic E-state index is 12.8. The van der Waals surface area contributed by atoms with Crippen molar-refractivity contribution in [3.63, 3.8) is 0 Å². The number of ether oxygens (including phenoxy) is 2. The molecule has 0 saturated carbocycles. The van der Waals surface area contributed by atoms with Gasteiger partial charge in [-0.05, 0) is 47.2 Å². The molecule has 0 amide bonds. The Morgan fingerprint density at radius 1 is 0.605 bits per heavy atom. The van der Waals surface area contributed by atoms with Crippen LogP contribution in [0.3, 0.4) is 0 Å². The fourth-order valence-electron chi connectivity index (χ4n) is 4.59. The highest BCUT2D eigenvalue weighted by atomic mass is 32.1. The number of rotatable bonds is 2. The van der Waals surface area contributed by atoms with Crippen molar-refractivity contribution in [2.45, 2.75) is 12.7 Å². The van der Waals surface area contributed by atoms with E-state index in [1.807, 2.05) is 0 Å². The number of nitriles is 2. The Kier molecular flexibility index (Phi) is 5.08. The summed E-state index contributed by atoms with van der Waals surface area (Å²) >= 11 is 2.47. The van der Waals surface area contributed by atoms with Gasteiger partial charge in [-0.25, -0.2) is 0 Å². The number of thiophene rings is 2. The molecule has 4 aromatic carbocycles. The molecule has 0 unspecified atom stereocenters. The molecule has 0 aliphatic heterocycles. The molecule has 0 spiro atoms. The number of hydrogen-bond acceptors (Lipinski definition) is 8. The quantitative estimate of drug-likeness (QED) is 0.168. The van der Waals surface area contributed by atoms with Gasteiger partial charge in [0.1, 0.15) is 22.2 Å². The molecule has 0 radical (unpaired) electrons. The van der Waals surface area contributed by atoms with Gasteiger partial charge < -0.3 is 9.47 Å². The van der Waals surface area contributed by atoms with Gasteiger partial charge in [0.2, 0.25) is 12.4 Å². The first kappa shape index (κ1) is 24.0. The molecule has 14 heteroatoms. The van der Waals surface area contributed by atoms with E-state index in [9.17, 15) is 36.9 Å². The Hall–Kier alpha value is -4.40.